The van der Waals surface area contributed by atoms with Gasteiger partial charge in [0.1, 0.15) is 0 Å². The lowest BCUT2D eigenvalue weighted by atomic mass is 9.94. The van der Waals surface area contributed by atoms with Gasteiger partial charge in [-0.3, -0.25) is 4.90 Å². The van der Waals surface area contributed by atoms with Crippen molar-refractivity contribution in [2.75, 3.05) is 53.0 Å². The minimum atomic E-state index is -3.30. The highest BCUT2D eigenvalue weighted by molar-refractivity contribution is 7.86. The maximum Gasteiger partial charge on any atom is 0.282 e. The molecule has 0 aromatic heterocycles. The van der Waals surface area contributed by atoms with Crippen molar-refractivity contribution in [3.63, 3.8) is 0 Å². The van der Waals surface area contributed by atoms with Crippen molar-refractivity contribution >= 4 is 10.2 Å². The third kappa shape index (κ3) is 4.20. The summed E-state index contributed by atoms with van der Waals surface area (Å²) < 4.78 is 34.2. The molecule has 0 bridgehead atoms. The average molecular weight is 333 g/mol. The van der Waals surface area contributed by atoms with E-state index in [1.165, 1.54) is 0 Å². The van der Waals surface area contributed by atoms with Gasteiger partial charge < -0.3 is 4.74 Å². The molecule has 0 aliphatic carbocycles. The van der Waals surface area contributed by atoms with Gasteiger partial charge in [0.05, 0.1) is 6.61 Å². The number of hydrogen-bond donors (Lipinski definition) is 0. The maximum atomic E-state index is 12.8. The fraction of sp³-hybridized carbons (Fsp3) is 1.00. The van der Waals surface area contributed by atoms with E-state index < -0.39 is 10.2 Å². The first kappa shape index (κ1) is 18.1. The number of piperidine rings is 1. The van der Waals surface area contributed by atoms with Crippen LogP contribution in [0.2, 0.25) is 0 Å². The van der Waals surface area contributed by atoms with E-state index in [-0.39, 0.29) is 0 Å². The second-order valence-electron chi connectivity index (χ2n) is 7.01. The largest absolute Gasteiger partial charge is 0.383 e. The van der Waals surface area contributed by atoms with E-state index in [1.54, 1.807) is 15.7 Å². The molecule has 0 amide bonds. The first-order chi connectivity index (χ1) is 10.3. The molecule has 2 heterocycles. The zero-order chi connectivity index (χ0) is 16.3. The van der Waals surface area contributed by atoms with E-state index in [4.69, 9.17) is 4.74 Å². The van der Waals surface area contributed by atoms with Crippen molar-refractivity contribution in [3.8, 4) is 0 Å². The van der Waals surface area contributed by atoms with Gasteiger partial charge >= 0.3 is 0 Å². The van der Waals surface area contributed by atoms with Crippen LogP contribution in [-0.2, 0) is 14.9 Å². The standard InChI is InChI=1S/C15H31N3O3S/c1-13-9-14(2)11-18(10-13)22(19,20)17-7-5-16(6-8-17)15(3)12-21-4/h13-15H,5-12H2,1-4H3/t13-,14+,15-/m1/s1. The summed E-state index contributed by atoms with van der Waals surface area (Å²) in [5, 5.41) is 0. The summed E-state index contributed by atoms with van der Waals surface area (Å²) in [5.74, 6) is 0.892. The van der Waals surface area contributed by atoms with Gasteiger partial charge in [-0.15, -0.1) is 0 Å². The van der Waals surface area contributed by atoms with Crippen LogP contribution in [0.25, 0.3) is 0 Å². The summed E-state index contributed by atoms with van der Waals surface area (Å²) in [4.78, 5) is 2.30. The molecule has 2 saturated heterocycles. The fourth-order valence-corrected chi connectivity index (χ4v) is 5.52. The summed E-state index contributed by atoms with van der Waals surface area (Å²) in [5.41, 5.74) is 0. The van der Waals surface area contributed by atoms with Crippen LogP contribution in [0.3, 0.4) is 0 Å². The lowest BCUT2D eigenvalue weighted by Crippen LogP contribution is -2.56. The van der Waals surface area contributed by atoms with Crippen LogP contribution in [0.1, 0.15) is 27.2 Å². The highest BCUT2D eigenvalue weighted by atomic mass is 32.2. The maximum absolute atomic E-state index is 12.8. The lowest BCUT2D eigenvalue weighted by molar-refractivity contribution is 0.0743. The minimum absolute atomic E-state index is 0.338. The Morgan fingerprint density at radius 2 is 1.59 bits per heavy atom. The van der Waals surface area contributed by atoms with Gasteiger partial charge in [0.25, 0.3) is 10.2 Å². The van der Waals surface area contributed by atoms with Crippen molar-refractivity contribution in [1.29, 1.82) is 0 Å². The second kappa shape index (κ2) is 7.57. The van der Waals surface area contributed by atoms with Gasteiger partial charge in [0, 0.05) is 52.4 Å². The summed E-state index contributed by atoms with van der Waals surface area (Å²) in [6.45, 7) is 11.1. The monoisotopic (exact) mass is 333 g/mol. The van der Waals surface area contributed by atoms with Crippen LogP contribution in [0.15, 0.2) is 0 Å². The zero-order valence-corrected chi connectivity index (χ0v) is 15.2. The van der Waals surface area contributed by atoms with Gasteiger partial charge in [-0.05, 0) is 25.2 Å². The molecule has 130 valence electrons. The lowest BCUT2D eigenvalue weighted by Gasteiger charge is -2.41. The van der Waals surface area contributed by atoms with Crippen molar-refractivity contribution in [3.05, 3.63) is 0 Å². The van der Waals surface area contributed by atoms with E-state index in [2.05, 4.69) is 25.7 Å². The molecule has 2 fully saturated rings. The molecule has 2 rings (SSSR count). The fourth-order valence-electron chi connectivity index (χ4n) is 3.68. The Hall–Kier alpha value is -0.210. The van der Waals surface area contributed by atoms with Gasteiger partial charge in [-0.2, -0.15) is 17.0 Å². The van der Waals surface area contributed by atoms with E-state index in [9.17, 15) is 8.42 Å². The Morgan fingerprint density at radius 3 is 2.09 bits per heavy atom. The normalized spacial score (nSPS) is 31.3. The highest BCUT2D eigenvalue weighted by Gasteiger charge is 2.36. The SMILES string of the molecule is COC[C@@H](C)N1CCN(S(=O)(=O)N2C[C@H](C)C[C@H](C)C2)CC1. The van der Waals surface area contributed by atoms with Crippen molar-refractivity contribution in [1.82, 2.24) is 13.5 Å². The van der Waals surface area contributed by atoms with Crippen molar-refractivity contribution < 1.29 is 13.2 Å². The molecule has 2 aliphatic rings. The third-order valence-electron chi connectivity index (χ3n) is 4.79. The molecule has 3 atom stereocenters. The smallest absolute Gasteiger partial charge is 0.282 e. The average Bonchev–Trinajstić information content (AvgIpc) is 2.46. The predicted octanol–water partition coefficient (Wildman–Crippen LogP) is 0.862. The molecule has 22 heavy (non-hydrogen) atoms. The molecule has 0 unspecified atom stereocenters. The Balaban J connectivity index is 1.94. The summed E-state index contributed by atoms with van der Waals surface area (Å²) in [6.07, 6.45) is 1.12. The number of hydrogen-bond acceptors (Lipinski definition) is 4. The minimum Gasteiger partial charge on any atom is -0.383 e. The summed E-state index contributed by atoms with van der Waals surface area (Å²) >= 11 is 0. The number of nitrogens with zero attached hydrogens (tertiary/aromatic N) is 3. The topological polar surface area (TPSA) is 53.1 Å². The van der Waals surface area contributed by atoms with E-state index in [1.807, 2.05) is 0 Å². The Kier molecular flexibility index (Phi) is 6.24. The second-order valence-corrected chi connectivity index (χ2v) is 8.94. The molecule has 0 saturated carbocycles. The van der Waals surface area contributed by atoms with Crippen molar-refractivity contribution in [2.24, 2.45) is 11.8 Å². The summed E-state index contributed by atoms with van der Waals surface area (Å²) in [7, 11) is -1.60. The molecule has 0 N–H and O–H groups in total. The molecule has 7 heteroatoms. The first-order valence-corrected chi connectivity index (χ1v) is 9.72. The van der Waals surface area contributed by atoms with Crippen LogP contribution >= 0.6 is 0 Å². The summed E-state index contributed by atoms with van der Waals surface area (Å²) in [6, 6.07) is 0.338. The van der Waals surface area contributed by atoms with Crippen LogP contribution in [0, 0.1) is 11.8 Å². The van der Waals surface area contributed by atoms with Crippen LogP contribution < -0.4 is 0 Å². The Morgan fingerprint density at radius 1 is 1.05 bits per heavy atom. The molecule has 0 radical (unpaired) electrons. The molecule has 0 spiro atoms. The molecule has 0 aromatic carbocycles. The molecule has 2 aliphatic heterocycles. The highest BCUT2D eigenvalue weighted by Crippen LogP contribution is 2.25. The Labute approximate surface area is 135 Å². The van der Waals surface area contributed by atoms with Gasteiger partial charge in [-0.1, -0.05) is 13.8 Å². The van der Waals surface area contributed by atoms with E-state index >= 15 is 0 Å². The molecule has 0 aromatic rings. The van der Waals surface area contributed by atoms with Gasteiger partial charge in [0.2, 0.25) is 0 Å². The Bertz CT molecular complexity index is 439. The predicted molar refractivity (Wildman–Crippen MR) is 87.9 cm³/mol. The number of methoxy groups -OCH3 is 1. The van der Waals surface area contributed by atoms with Crippen LogP contribution in [-0.4, -0.2) is 81.0 Å². The molecular formula is C15H31N3O3S. The molecule has 6 nitrogen and oxygen atoms in total. The van der Waals surface area contributed by atoms with Gasteiger partial charge in [-0.25, -0.2) is 0 Å². The van der Waals surface area contributed by atoms with Crippen LogP contribution in [0.5, 0.6) is 0 Å². The first-order valence-electron chi connectivity index (χ1n) is 8.32. The van der Waals surface area contributed by atoms with Crippen molar-refractivity contribution in [2.45, 2.75) is 33.2 Å². The van der Waals surface area contributed by atoms with Crippen LogP contribution in [0.4, 0.5) is 0 Å². The number of rotatable bonds is 5. The quantitative estimate of drug-likeness (QED) is 0.749. The van der Waals surface area contributed by atoms with E-state index in [0.717, 1.165) is 19.5 Å². The zero-order valence-electron chi connectivity index (χ0n) is 14.4. The molecular weight excluding hydrogens is 302 g/mol. The number of ether oxygens (including phenoxy) is 1. The third-order valence-corrected chi connectivity index (χ3v) is 6.76. The number of piperazine rings is 1. The van der Waals surface area contributed by atoms with Gasteiger partial charge in [0.15, 0.2) is 0 Å². The van der Waals surface area contributed by atoms with E-state index in [0.29, 0.717) is 50.7 Å².